The van der Waals surface area contributed by atoms with E-state index in [0.717, 1.165) is 15.0 Å². The predicted octanol–water partition coefficient (Wildman–Crippen LogP) is 1.33. The van der Waals surface area contributed by atoms with Crippen molar-refractivity contribution in [2.45, 2.75) is 6.42 Å². The Morgan fingerprint density at radius 1 is 1.60 bits per heavy atom. The van der Waals surface area contributed by atoms with Crippen LogP contribution in [-0.2, 0) is 11.2 Å². The number of amides is 1. The molecule has 1 amide bonds. The van der Waals surface area contributed by atoms with Crippen molar-refractivity contribution in [3.8, 4) is 5.75 Å². The van der Waals surface area contributed by atoms with E-state index in [4.69, 9.17) is 10.6 Å². The highest BCUT2D eigenvalue weighted by Gasteiger charge is 2.10. The summed E-state index contributed by atoms with van der Waals surface area (Å²) < 4.78 is 6.06. The molecule has 0 spiro atoms. The van der Waals surface area contributed by atoms with E-state index < -0.39 is 0 Å². The summed E-state index contributed by atoms with van der Waals surface area (Å²) in [4.78, 5) is 11.4. The normalized spacial score (nSPS) is 9.87. The Labute approximate surface area is 97.1 Å². The van der Waals surface area contributed by atoms with Crippen LogP contribution in [0, 0.1) is 0 Å². The van der Waals surface area contributed by atoms with Crippen molar-refractivity contribution in [3.05, 3.63) is 28.2 Å². The molecule has 0 saturated heterocycles. The average Bonchev–Trinajstić information content (AvgIpc) is 2.18. The number of likely N-dealkylation sites (N-methyl/N-ethyl adjacent to an activating group) is 1. The van der Waals surface area contributed by atoms with Gasteiger partial charge in [0.1, 0.15) is 5.75 Å². The molecule has 1 rings (SSSR count). The monoisotopic (exact) mass is 272 g/mol. The molecular formula is C10H13BrN2O2. The summed E-state index contributed by atoms with van der Waals surface area (Å²) >= 11 is 3.34. The third-order valence-corrected chi connectivity index (χ3v) is 2.47. The number of ether oxygens (including phenoxy) is 1. The van der Waals surface area contributed by atoms with Gasteiger partial charge in [0.2, 0.25) is 5.91 Å². The SMILES string of the molecule is COc1ccc(Br)cc1CC(=O)N(C)N. The molecule has 0 radical (unpaired) electrons. The molecule has 0 saturated carbocycles. The largest absolute Gasteiger partial charge is 0.496 e. The van der Waals surface area contributed by atoms with Crippen LogP contribution in [0.4, 0.5) is 0 Å². The van der Waals surface area contributed by atoms with Crippen molar-refractivity contribution in [3.63, 3.8) is 0 Å². The lowest BCUT2D eigenvalue weighted by Gasteiger charge is -2.12. The first kappa shape index (κ1) is 12.0. The Morgan fingerprint density at radius 2 is 2.27 bits per heavy atom. The number of halogens is 1. The lowest BCUT2D eigenvalue weighted by Crippen LogP contribution is -2.34. The number of carbonyl (C=O) groups is 1. The predicted molar refractivity (Wildman–Crippen MR) is 61.4 cm³/mol. The molecule has 0 heterocycles. The van der Waals surface area contributed by atoms with Crippen LogP contribution in [0.25, 0.3) is 0 Å². The highest BCUT2D eigenvalue weighted by molar-refractivity contribution is 9.10. The molecule has 0 aliphatic rings. The molecule has 2 N–H and O–H groups in total. The minimum Gasteiger partial charge on any atom is -0.496 e. The van der Waals surface area contributed by atoms with Crippen molar-refractivity contribution in [1.82, 2.24) is 5.01 Å². The fourth-order valence-corrected chi connectivity index (χ4v) is 1.58. The minimum absolute atomic E-state index is 0.161. The summed E-state index contributed by atoms with van der Waals surface area (Å²) in [5.74, 6) is 5.87. The summed E-state index contributed by atoms with van der Waals surface area (Å²) in [6.45, 7) is 0. The molecule has 0 atom stereocenters. The summed E-state index contributed by atoms with van der Waals surface area (Å²) in [6.07, 6.45) is 0.232. The number of hydrogen-bond acceptors (Lipinski definition) is 3. The molecule has 0 unspecified atom stereocenters. The maximum atomic E-state index is 11.4. The Morgan fingerprint density at radius 3 is 2.80 bits per heavy atom. The van der Waals surface area contributed by atoms with E-state index in [2.05, 4.69) is 15.9 Å². The van der Waals surface area contributed by atoms with Crippen molar-refractivity contribution in [2.75, 3.05) is 14.2 Å². The summed E-state index contributed by atoms with van der Waals surface area (Å²) in [5, 5.41) is 1.07. The van der Waals surface area contributed by atoms with Crippen LogP contribution in [-0.4, -0.2) is 25.1 Å². The Bertz CT molecular complexity index is 366. The number of hydrogen-bond donors (Lipinski definition) is 1. The standard InChI is InChI=1S/C10H13BrN2O2/c1-13(12)10(14)6-7-5-8(11)3-4-9(7)15-2/h3-5H,6,12H2,1-2H3. The highest BCUT2D eigenvalue weighted by atomic mass is 79.9. The fourth-order valence-electron chi connectivity index (χ4n) is 1.17. The van der Waals surface area contributed by atoms with Crippen LogP contribution in [0.3, 0.4) is 0 Å². The summed E-state index contributed by atoms with van der Waals surface area (Å²) in [5.41, 5.74) is 0.814. The molecule has 1 aromatic rings. The molecule has 4 nitrogen and oxygen atoms in total. The zero-order valence-electron chi connectivity index (χ0n) is 8.66. The van der Waals surface area contributed by atoms with Crippen molar-refractivity contribution in [1.29, 1.82) is 0 Å². The summed E-state index contributed by atoms with van der Waals surface area (Å²) in [7, 11) is 3.09. The van der Waals surface area contributed by atoms with Gasteiger partial charge in [-0.2, -0.15) is 0 Å². The van der Waals surface area contributed by atoms with Gasteiger partial charge in [0.15, 0.2) is 0 Å². The van der Waals surface area contributed by atoms with E-state index in [1.54, 1.807) is 7.11 Å². The molecule has 1 aromatic carbocycles. The fraction of sp³-hybridized carbons (Fsp3) is 0.300. The molecule has 82 valence electrons. The van der Waals surface area contributed by atoms with Gasteiger partial charge < -0.3 is 4.74 Å². The zero-order valence-corrected chi connectivity index (χ0v) is 10.2. The second-order valence-corrected chi connectivity index (χ2v) is 4.05. The second-order valence-electron chi connectivity index (χ2n) is 3.14. The van der Waals surface area contributed by atoms with E-state index in [1.165, 1.54) is 7.05 Å². The van der Waals surface area contributed by atoms with E-state index in [1.807, 2.05) is 18.2 Å². The number of benzene rings is 1. The van der Waals surface area contributed by atoms with Gasteiger partial charge in [-0.25, -0.2) is 5.84 Å². The van der Waals surface area contributed by atoms with Gasteiger partial charge in [-0.05, 0) is 18.2 Å². The summed E-state index contributed by atoms with van der Waals surface area (Å²) in [6, 6.07) is 5.52. The van der Waals surface area contributed by atoms with Crippen molar-refractivity contribution in [2.24, 2.45) is 5.84 Å². The van der Waals surface area contributed by atoms with Crippen LogP contribution in [0.1, 0.15) is 5.56 Å². The van der Waals surface area contributed by atoms with E-state index in [-0.39, 0.29) is 12.3 Å². The van der Waals surface area contributed by atoms with Crippen LogP contribution in [0.15, 0.2) is 22.7 Å². The number of nitrogens with zero attached hydrogens (tertiary/aromatic N) is 1. The molecular weight excluding hydrogens is 260 g/mol. The number of rotatable bonds is 3. The Hall–Kier alpha value is -1.07. The van der Waals surface area contributed by atoms with Gasteiger partial charge in [-0.1, -0.05) is 15.9 Å². The molecule has 0 aliphatic carbocycles. The van der Waals surface area contributed by atoms with Gasteiger partial charge in [0.05, 0.1) is 13.5 Å². The van der Waals surface area contributed by atoms with Gasteiger partial charge >= 0.3 is 0 Å². The van der Waals surface area contributed by atoms with Crippen LogP contribution < -0.4 is 10.6 Å². The van der Waals surface area contributed by atoms with Crippen LogP contribution in [0.5, 0.6) is 5.75 Å². The van der Waals surface area contributed by atoms with Crippen LogP contribution in [0.2, 0.25) is 0 Å². The van der Waals surface area contributed by atoms with Gasteiger partial charge in [-0.15, -0.1) is 0 Å². The molecule has 5 heteroatoms. The first-order valence-corrected chi connectivity index (χ1v) is 5.17. The van der Waals surface area contributed by atoms with E-state index >= 15 is 0 Å². The topological polar surface area (TPSA) is 55.6 Å². The smallest absolute Gasteiger partial charge is 0.240 e. The number of carbonyl (C=O) groups excluding carboxylic acids is 1. The van der Waals surface area contributed by atoms with Crippen molar-refractivity contribution >= 4 is 21.8 Å². The lowest BCUT2D eigenvalue weighted by molar-refractivity contribution is -0.129. The first-order valence-electron chi connectivity index (χ1n) is 4.38. The van der Waals surface area contributed by atoms with E-state index in [0.29, 0.717) is 5.75 Å². The minimum atomic E-state index is -0.161. The number of nitrogens with two attached hydrogens (primary N) is 1. The Kier molecular flexibility index (Phi) is 4.11. The molecule has 0 bridgehead atoms. The Balaban J connectivity index is 2.92. The van der Waals surface area contributed by atoms with Gasteiger partial charge in [-0.3, -0.25) is 9.80 Å². The molecule has 0 fully saturated rings. The third-order valence-electron chi connectivity index (χ3n) is 1.98. The van der Waals surface area contributed by atoms with Crippen LogP contribution >= 0.6 is 15.9 Å². The maximum Gasteiger partial charge on any atom is 0.240 e. The van der Waals surface area contributed by atoms with E-state index in [9.17, 15) is 4.79 Å². The second kappa shape index (κ2) is 5.14. The highest BCUT2D eigenvalue weighted by Crippen LogP contribution is 2.23. The quantitative estimate of drug-likeness (QED) is 0.513. The maximum absolute atomic E-state index is 11.4. The number of hydrazine groups is 1. The van der Waals surface area contributed by atoms with Gasteiger partial charge in [0.25, 0.3) is 0 Å². The lowest BCUT2D eigenvalue weighted by atomic mass is 10.1. The zero-order chi connectivity index (χ0) is 11.4. The number of methoxy groups -OCH3 is 1. The molecule has 0 aliphatic heterocycles. The molecule has 15 heavy (non-hydrogen) atoms. The van der Waals surface area contributed by atoms with Crippen molar-refractivity contribution < 1.29 is 9.53 Å². The third kappa shape index (κ3) is 3.21. The average molecular weight is 273 g/mol. The first-order chi connectivity index (χ1) is 7.04. The molecule has 0 aromatic heterocycles. The van der Waals surface area contributed by atoms with Gasteiger partial charge in [0, 0.05) is 17.1 Å².